The number of nitrogens with one attached hydrogen (secondary N) is 1. The second-order valence-corrected chi connectivity index (χ2v) is 8.94. The van der Waals surface area contributed by atoms with Gasteiger partial charge in [-0.2, -0.15) is 0 Å². The number of sulfone groups is 1. The van der Waals surface area contributed by atoms with Gasteiger partial charge in [0.15, 0.2) is 0 Å². The standard InChI is InChI=1S/C17H28N2O3S/c1-5-17(2,3)14-8-6-13(7-9-14)12-19-16(20)15(18)10-11-23(4,21)22/h6-9,15H,5,10-12,18H2,1-4H3,(H,19,20). The van der Waals surface area contributed by atoms with E-state index in [1.54, 1.807) is 0 Å². The van der Waals surface area contributed by atoms with Crippen LogP contribution >= 0.6 is 0 Å². The zero-order valence-electron chi connectivity index (χ0n) is 14.4. The number of carbonyl (C=O) groups is 1. The first-order valence-corrected chi connectivity index (χ1v) is 9.91. The highest BCUT2D eigenvalue weighted by atomic mass is 32.2. The Balaban J connectivity index is 2.53. The summed E-state index contributed by atoms with van der Waals surface area (Å²) in [6.45, 7) is 6.94. The molecule has 1 amide bonds. The Kier molecular flexibility index (Phi) is 6.77. The van der Waals surface area contributed by atoms with E-state index in [0.717, 1.165) is 18.2 Å². The number of amides is 1. The third kappa shape index (κ3) is 6.71. The third-order valence-electron chi connectivity index (χ3n) is 4.22. The second-order valence-electron chi connectivity index (χ2n) is 6.68. The largest absolute Gasteiger partial charge is 0.351 e. The molecule has 1 aromatic carbocycles. The molecule has 0 aliphatic rings. The molecule has 3 N–H and O–H groups in total. The van der Waals surface area contributed by atoms with Gasteiger partial charge in [-0.05, 0) is 29.4 Å². The maximum atomic E-state index is 11.9. The third-order valence-corrected chi connectivity index (χ3v) is 5.20. The number of carbonyl (C=O) groups excluding carboxylic acids is 1. The van der Waals surface area contributed by atoms with E-state index in [9.17, 15) is 13.2 Å². The van der Waals surface area contributed by atoms with Crippen LogP contribution in [0.1, 0.15) is 44.7 Å². The topological polar surface area (TPSA) is 89.3 Å². The Labute approximate surface area is 139 Å². The van der Waals surface area contributed by atoms with Crippen molar-refractivity contribution in [1.29, 1.82) is 0 Å². The summed E-state index contributed by atoms with van der Waals surface area (Å²) in [7, 11) is -3.10. The van der Waals surface area contributed by atoms with Crippen molar-refractivity contribution in [3.63, 3.8) is 0 Å². The number of rotatable bonds is 8. The molecule has 0 aromatic heterocycles. The van der Waals surface area contributed by atoms with Gasteiger partial charge in [-0.1, -0.05) is 45.0 Å². The van der Waals surface area contributed by atoms with Crippen LogP contribution in [0.4, 0.5) is 0 Å². The molecule has 6 heteroatoms. The molecule has 0 saturated heterocycles. The van der Waals surface area contributed by atoms with Gasteiger partial charge in [0, 0.05) is 12.8 Å². The molecule has 1 rings (SSSR count). The SMILES string of the molecule is CCC(C)(C)c1ccc(CNC(=O)C(N)CCS(C)(=O)=O)cc1. The van der Waals surface area contributed by atoms with Gasteiger partial charge in [0.2, 0.25) is 5.91 Å². The number of hydrogen-bond acceptors (Lipinski definition) is 4. The predicted octanol–water partition coefficient (Wildman–Crippen LogP) is 1.75. The molecule has 23 heavy (non-hydrogen) atoms. The van der Waals surface area contributed by atoms with E-state index in [-0.39, 0.29) is 23.5 Å². The summed E-state index contributed by atoms with van der Waals surface area (Å²) in [5.41, 5.74) is 8.10. The zero-order valence-corrected chi connectivity index (χ0v) is 15.2. The van der Waals surface area contributed by atoms with Gasteiger partial charge in [-0.25, -0.2) is 8.42 Å². The summed E-state index contributed by atoms with van der Waals surface area (Å²) in [6, 6.07) is 7.34. The first-order valence-electron chi connectivity index (χ1n) is 7.85. The van der Waals surface area contributed by atoms with E-state index in [0.29, 0.717) is 6.54 Å². The summed E-state index contributed by atoms with van der Waals surface area (Å²) in [4.78, 5) is 11.9. The van der Waals surface area contributed by atoms with Crippen molar-refractivity contribution < 1.29 is 13.2 Å². The first-order chi connectivity index (χ1) is 10.5. The molecule has 0 aliphatic carbocycles. The van der Waals surface area contributed by atoms with Gasteiger partial charge in [0.1, 0.15) is 9.84 Å². The molecular formula is C17H28N2O3S. The van der Waals surface area contributed by atoms with Gasteiger partial charge in [-0.3, -0.25) is 4.79 Å². The average molecular weight is 340 g/mol. The second kappa shape index (κ2) is 7.93. The van der Waals surface area contributed by atoms with Gasteiger partial charge in [0.25, 0.3) is 0 Å². The first kappa shape index (κ1) is 19.6. The fraction of sp³-hybridized carbons (Fsp3) is 0.588. The maximum Gasteiger partial charge on any atom is 0.237 e. The van der Waals surface area contributed by atoms with Crippen molar-refractivity contribution in [2.75, 3.05) is 12.0 Å². The van der Waals surface area contributed by atoms with E-state index in [4.69, 9.17) is 5.73 Å². The molecular weight excluding hydrogens is 312 g/mol. The highest BCUT2D eigenvalue weighted by Gasteiger charge is 2.18. The lowest BCUT2D eigenvalue weighted by Crippen LogP contribution is -2.41. The normalized spacial score (nSPS) is 13.6. The number of hydrogen-bond donors (Lipinski definition) is 2. The van der Waals surface area contributed by atoms with Gasteiger partial charge in [0.05, 0.1) is 11.8 Å². The smallest absolute Gasteiger partial charge is 0.237 e. The van der Waals surface area contributed by atoms with Crippen LogP contribution in [0.5, 0.6) is 0 Å². The molecule has 0 bridgehead atoms. The average Bonchev–Trinajstić information content (AvgIpc) is 2.49. The monoisotopic (exact) mass is 340 g/mol. The molecule has 0 heterocycles. The van der Waals surface area contributed by atoms with Crippen molar-refractivity contribution in [2.24, 2.45) is 5.73 Å². The lowest BCUT2D eigenvalue weighted by atomic mass is 9.82. The van der Waals surface area contributed by atoms with Crippen LogP contribution in [0.3, 0.4) is 0 Å². The Bertz CT molecular complexity index is 622. The van der Waals surface area contributed by atoms with Crippen LogP contribution in [0.2, 0.25) is 0 Å². The molecule has 0 radical (unpaired) electrons. The predicted molar refractivity (Wildman–Crippen MR) is 93.9 cm³/mol. The lowest BCUT2D eigenvalue weighted by molar-refractivity contribution is -0.122. The van der Waals surface area contributed by atoms with Crippen molar-refractivity contribution in [3.05, 3.63) is 35.4 Å². The fourth-order valence-electron chi connectivity index (χ4n) is 2.07. The van der Waals surface area contributed by atoms with Gasteiger partial charge in [-0.15, -0.1) is 0 Å². The Morgan fingerprint density at radius 1 is 1.26 bits per heavy atom. The molecule has 0 saturated carbocycles. The molecule has 130 valence electrons. The van der Waals surface area contributed by atoms with Crippen LogP contribution < -0.4 is 11.1 Å². The summed E-state index contributed by atoms with van der Waals surface area (Å²) in [6.07, 6.45) is 2.32. The van der Waals surface area contributed by atoms with Gasteiger partial charge >= 0.3 is 0 Å². The summed E-state index contributed by atoms with van der Waals surface area (Å²) >= 11 is 0. The quantitative estimate of drug-likeness (QED) is 0.754. The van der Waals surface area contributed by atoms with E-state index >= 15 is 0 Å². The minimum absolute atomic E-state index is 0.0810. The Hall–Kier alpha value is -1.40. The lowest BCUT2D eigenvalue weighted by Gasteiger charge is -2.23. The molecule has 5 nitrogen and oxygen atoms in total. The Morgan fingerprint density at radius 2 is 1.83 bits per heavy atom. The maximum absolute atomic E-state index is 11.9. The molecule has 1 unspecified atom stereocenters. The number of benzene rings is 1. The van der Waals surface area contributed by atoms with E-state index in [1.807, 2.05) is 12.1 Å². The van der Waals surface area contributed by atoms with E-state index in [1.165, 1.54) is 5.56 Å². The summed E-state index contributed by atoms with van der Waals surface area (Å²) < 4.78 is 22.2. The fourth-order valence-corrected chi connectivity index (χ4v) is 2.75. The van der Waals surface area contributed by atoms with Gasteiger partial charge < -0.3 is 11.1 Å². The molecule has 0 aliphatic heterocycles. The molecule has 0 spiro atoms. The van der Waals surface area contributed by atoms with Crippen molar-refractivity contribution in [1.82, 2.24) is 5.32 Å². The summed E-state index contributed by atoms with van der Waals surface area (Å²) in [5.74, 6) is -0.408. The van der Waals surface area contributed by atoms with Crippen LogP contribution in [0.15, 0.2) is 24.3 Å². The molecule has 0 fully saturated rings. The molecule has 1 aromatic rings. The van der Waals surface area contributed by atoms with Crippen molar-refractivity contribution in [3.8, 4) is 0 Å². The van der Waals surface area contributed by atoms with E-state index in [2.05, 4.69) is 38.2 Å². The van der Waals surface area contributed by atoms with Crippen LogP contribution in [-0.2, 0) is 26.6 Å². The van der Waals surface area contributed by atoms with Crippen LogP contribution in [-0.4, -0.2) is 32.4 Å². The van der Waals surface area contributed by atoms with E-state index < -0.39 is 15.9 Å². The summed E-state index contributed by atoms with van der Waals surface area (Å²) in [5, 5.41) is 2.75. The van der Waals surface area contributed by atoms with Crippen LogP contribution in [0.25, 0.3) is 0 Å². The Morgan fingerprint density at radius 3 is 2.30 bits per heavy atom. The van der Waals surface area contributed by atoms with Crippen molar-refractivity contribution in [2.45, 2.75) is 51.6 Å². The molecule has 1 atom stereocenters. The van der Waals surface area contributed by atoms with Crippen LogP contribution in [0, 0.1) is 0 Å². The zero-order chi connectivity index (χ0) is 17.7. The van der Waals surface area contributed by atoms with Crippen molar-refractivity contribution >= 4 is 15.7 Å². The highest BCUT2D eigenvalue weighted by Crippen LogP contribution is 2.26. The minimum Gasteiger partial charge on any atom is -0.351 e. The number of nitrogens with two attached hydrogens (primary N) is 1. The highest BCUT2D eigenvalue weighted by molar-refractivity contribution is 7.90. The minimum atomic E-state index is -3.10.